The first kappa shape index (κ1) is 15.3. The van der Waals surface area contributed by atoms with E-state index in [1.165, 1.54) is 6.07 Å². The molecule has 0 aliphatic carbocycles. The van der Waals surface area contributed by atoms with Crippen LogP contribution in [-0.2, 0) is 11.0 Å². The molecule has 1 fully saturated rings. The molecule has 0 bridgehead atoms. The first-order valence-corrected chi connectivity index (χ1v) is 6.96. The highest BCUT2D eigenvalue weighted by molar-refractivity contribution is 9.10. The summed E-state index contributed by atoms with van der Waals surface area (Å²) >= 11 is 3.15. The van der Waals surface area contributed by atoms with Gasteiger partial charge in [-0.05, 0) is 46.6 Å². The van der Waals surface area contributed by atoms with Crippen LogP contribution in [0.2, 0.25) is 0 Å². The number of carbonyl (C=O) groups is 1. The van der Waals surface area contributed by atoms with Gasteiger partial charge < -0.3 is 10.6 Å². The van der Waals surface area contributed by atoms with Gasteiger partial charge in [0.1, 0.15) is 0 Å². The molecule has 1 aromatic rings. The summed E-state index contributed by atoms with van der Waals surface area (Å²) in [5, 5.41) is 5.66. The standard InChI is InChI=1S/C13H14BrF3N2O/c1-7-5-18-6-9(7)12(20)19-11-4-8(13(15,16)17)2-3-10(11)14/h2-4,7,9,18H,5-6H2,1H3,(H,19,20). The van der Waals surface area contributed by atoms with Crippen molar-refractivity contribution >= 4 is 27.5 Å². The molecule has 1 saturated heterocycles. The van der Waals surface area contributed by atoms with Gasteiger partial charge in [0.05, 0.1) is 17.2 Å². The number of hydrogen-bond donors (Lipinski definition) is 2. The fraction of sp³-hybridized carbons (Fsp3) is 0.462. The average Bonchev–Trinajstić information content (AvgIpc) is 2.77. The zero-order valence-electron chi connectivity index (χ0n) is 10.7. The summed E-state index contributed by atoms with van der Waals surface area (Å²) in [6.07, 6.45) is -4.43. The van der Waals surface area contributed by atoms with Crippen LogP contribution in [0, 0.1) is 11.8 Å². The van der Waals surface area contributed by atoms with Crippen molar-refractivity contribution in [2.45, 2.75) is 13.1 Å². The molecule has 1 amide bonds. The largest absolute Gasteiger partial charge is 0.416 e. The number of rotatable bonds is 2. The molecule has 1 aliphatic rings. The van der Waals surface area contributed by atoms with Gasteiger partial charge in [0, 0.05) is 11.0 Å². The Morgan fingerprint density at radius 3 is 2.65 bits per heavy atom. The summed E-state index contributed by atoms with van der Waals surface area (Å²) in [5.41, 5.74) is -0.641. The number of amides is 1. The van der Waals surface area contributed by atoms with Crippen LogP contribution in [0.3, 0.4) is 0 Å². The molecule has 2 atom stereocenters. The van der Waals surface area contributed by atoms with Crippen molar-refractivity contribution < 1.29 is 18.0 Å². The molecule has 0 aromatic heterocycles. The maximum absolute atomic E-state index is 12.7. The Morgan fingerprint density at radius 1 is 1.40 bits per heavy atom. The molecule has 1 heterocycles. The van der Waals surface area contributed by atoms with Crippen molar-refractivity contribution in [2.24, 2.45) is 11.8 Å². The van der Waals surface area contributed by atoms with E-state index in [0.717, 1.165) is 18.7 Å². The maximum atomic E-state index is 12.7. The molecule has 2 N–H and O–H groups in total. The molecule has 2 rings (SSSR count). The number of anilines is 1. The van der Waals surface area contributed by atoms with Crippen LogP contribution < -0.4 is 10.6 Å². The summed E-state index contributed by atoms with van der Waals surface area (Å²) in [5.74, 6) is -0.321. The summed E-state index contributed by atoms with van der Waals surface area (Å²) in [4.78, 5) is 12.1. The van der Waals surface area contributed by atoms with E-state index in [1.54, 1.807) is 0 Å². The first-order chi connectivity index (χ1) is 9.29. The van der Waals surface area contributed by atoms with Gasteiger partial charge in [0.2, 0.25) is 5.91 Å². The van der Waals surface area contributed by atoms with Crippen molar-refractivity contribution in [3.8, 4) is 0 Å². The van der Waals surface area contributed by atoms with Crippen LogP contribution in [0.4, 0.5) is 18.9 Å². The first-order valence-electron chi connectivity index (χ1n) is 6.17. The Bertz CT molecular complexity index is 519. The minimum atomic E-state index is -4.43. The second kappa shape index (κ2) is 5.73. The minimum Gasteiger partial charge on any atom is -0.325 e. The summed E-state index contributed by atoms with van der Waals surface area (Å²) < 4.78 is 38.4. The Labute approximate surface area is 123 Å². The maximum Gasteiger partial charge on any atom is 0.416 e. The van der Waals surface area contributed by atoms with Crippen molar-refractivity contribution in [1.29, 1.82) is 0 Å². The Morgan fingerprint density at radius 2 is 2.10 bits per heavy atom. The van der Waals surface area contributed by atoms with Gasteiger partial charge in [-0.3, -0.25) is 4.79 Å². The molecule has 110 valence electrons. The van der Waals surface area contributed by atoms with Gasteiger partial charge in [0.25, 0.3) is 0 Å². The van der Waals surface area contributed by atoms with Crippen LogP contribution in [0.15, 0.2) is 22.7 Å². The topological polar surface area (TPSA) is 41.1 Å². The Hall–Kier alpha value is -1.08. The third-order valence-corrected chi connectivity index (χ3v) is 4.10. The lowest BCUT2D eigenvalue weighted by Crippen LogP contribution is -2.28. The van der Waals surface area contributed by atoms with Gasteiger partial charge in [-0.2, -0.15) is 13.2 Å². The third-order valence-electron chi connectivity index (χ3n) is 3.41. The smallest absolute Gasteiger partial charge is 0.325 e. The van der Waals surface area contributed by atoms with Gasteiger partial charge in [-0.1, -0.05) is 6.92 Å². The fourth-order valence-electron chi connectivity index (χ4n) is 2.18. The molecule has 2 unspecified atom stereocenters. The van der Waals surface area contributed by atoms with Gasteiger partial charge >= 0.3 is 6.18 Å². The second-order valence-corrected chi connectivity index (χ2v) is 5.78. The average molecular weight is 351 g/mol. The summed E-state index contributed by atoms with van der Waals surface area (Å²) in [6, 6.07) is 3.20. The van der Waals surface area contributed by atoms with Crippen LogP contribution in [-0.4, -0.2) is 19.0 Å². The zero-order valence-corrected chi connectivity index (χ0v) is 12.3. The van der Waals surface area contributed by atoms with E-state index in [4.69, 9.17) is 0 Å². The predicted molar refractivity (Wildman–Crippen MR) is 73.3 cm³/mol. The second-order valence-electron chi connectivity index (χ2n) is 4.92. The lowest BCUT2D eigenvalue weighted by molar-refractivity contribution is -0.137. The number of carbonyl (C=O) groups excluding carboxylic acids is 1. The normalized spacial score (nSPS) is 22.9. The van der Waals surface area contributed by atoms with Gasteiger partial charge in [-0.25, -0.2) is 0 Å². The number of nitrogens with one attached hydrogen (secondary N) is 2. The van der Waals surface area contributed by atoms with Crippen molar-refractivity contribution in [1.82, 2.24) is 5.32 Å². The van der Waals surface area contributed by atoms with Gasteiger partial charge in [0.15, 0.2) is 0 Å². The highest BCUT2D eigenvalue weighted by atomic mass is 79.9. The van der Waals surface area contributed by atoms with E-state index >= 15 is 0 Å². The Balaban J connectivity index is 2.18. The Kier molecular flexibility index (Phi) is 4.39. The lowest BCUT2D eigenvalue weighted by Gasteiger charge is -2.16. The van der Waals surface area contributed by atoms with E-state index in [9.17, 15) is 18.0 Å². The third kappa shape index (κ3) is 3.32. The fourth-order valence-corrected chi connectivity index (χ4v) is 2.53. The van der Waals surface area contributed by atoms with E-state index in [-0.39, 0.29) is 23.4 Å². The van der Waals surface area contributed by atoms with E-state index < -0.39 is 11.7 Å². The molecule has 20 heavy (non-hydrogen) atoms. The molecule has 7 heteroatoms. The van der Waals surface area contributed by atoms with Crippen molar-refractivity contribution in [3.05, 3.63) is 28.2 Å². The van der Waals surface area contributed by atoms with E-state index in [1.807, 2.05) is 6.92 Å². The lowest BCUT2D eigenvalue weighted by atomic mass is 9.97. The summed E-state index contributed by atoms with van der Waals surface area (Å²) in [7, 11) is 0. The van der Waals surface area contributed by atoms with E-state index in [2.05, 4.69) is 26.6 Å². The van der Waals surface area contributed by atoms with Crippen molar-refractivity contribution in [3.63, 3.8) is 0 Å². The SMILES string of the molecule is CC1CNCC1C(=O)Nc1cc(C(F)(F)F)ccc1Br. The molecule has 1 aromatic carbocycles. The van der Waals surface area contributed by atoms with Gasteiger partial charge in [-0.15, -0.1) is 0 Å². The molecule has 1 aliphatic heterocycles. The van der Waals surface area contributed by atoms with Crippen LogP contribution in [0.1, 0.15) is 12.5 Å². The minimum absolute atomic E-state index is 0.143. The predicted octanol–water partition coefficient (Wildman–Crippen LogP) is 3.26. The quantitative estimate of drug-likeness (QED) is 0.859. The monoisotopic (exact) mass is 350 g/mol. The van der Waals surface area contributed by atoms with Crippen LogP contribution in [0.25, 0.3) is 0 Å². The molecule has 3 nitrogen and oxygen atoms in total. The van der Waals surface area contributed by atoms with Crippen LogP contribution in [0.5, 0.6) is 0 Å². The zero-order chi connectivity index (χ0) is 14.9. The number of halogens is 4. The number of hydrogen-bond acceptors (Lipinski definition) is 2. The molecular weight excluding hydrogens is 337 g/mol. The highest BCUT2D eigenvalue weighted by Gasteiger charge is 2.32. The molecule has 0 saturated carbocycles. The number of benzene rings is 1. The van der Waals surface area contributed by atoms with Crippen LogP contribution >= 0.6 is 15.9 Å². The van der Waals surface area contributed by atoms with Crippen molar-refractivity contribution in [2.75, 3.05) is 18.4 Å². The summed E-state index contributed by atoms with van der Waals surface area (Å²) in [6.45, 7) is 3.22. The molecular formula is C13H14BrF3N2O. The molecule has 0 radical (unpaired) electrons. The van der Waals surface area contributed by atoms with E-state index in [0.29, 0.717) is 11.0 Å². The number of alkyl halides is 3. The highest BCUT2D eigenvalue weighted by Crippen LogP contribution is 2.34. The molecule has 0 spiro atoms.